The molecule has 0 spiro atoms. The Balaban J connectivity index is 1.65. The number of nitrogens with zero attached hydrogens (tertiary/aromatic N) is 1. The van der Waals surface area contributed by atoms with Crippen molar-refractivity contribution < 1.29 is 19.4 Å². The standard InChI is InChI=1S/C17H20ClNO4/c1-10(23-15-5-3-2-4-14(15)18)16(20)19-8-12(11-6-7-11)13(9-19)17(21)22/h2-5,10-13H,6-9H2,1H3,(H,21,22)/t10?,12-,13+/m1/s1. The topological polar surface area (TPSA) is 66.8 Å². The maximum atomic E-state index is 12.6. The number of carbonyl (C=O) groups excluding carboxylic acids is 1. The summed E-state index contributed by atoms with van der Waals surface area (Å²) in [5.41, 5.74) is 0. The summed E-state index contributed by atoms with van der Waals surface area (Å²) in [4.78, 5) is 25.6. The highest BCUT2D eigenvalue weighted by Crippen LogP contribution is 2.44. The number of carbonyl (C=O) groups is 2. The summed E-state index contributed by atoms with van der Waals surface area (Å²) in [6.45, 7) is 2.45. The van der Waals surface area contributed by atoms with Crippen LogP contribution >= 0.6 is 11.6 Å². The van der Waals surface area contributed by atoms with Crippen LogP contribution in [-0.2, 0) is 9.59 Å². The molecule has 1 N–H and O–H groups in total. The molecule has 1 heterocycles. The Hall–Kier alpha value is -1.75. The first kappa shape index (κ1) is 16.1. The second-order valence-electron chi connectivity index (χ2n) is 6.38. The molecule has 1 saturated heterocycles. The highest BCUT2D eigenvalue weighted by molar-refractivity contribution is 6.32. The molecular formula is C17H20ClNO4. The van der Waals surface area contributed by atoms with Gasteiger partial charge in [-0.1, -0.05) is 23.7 Å². The maximum Gasteiger partial charge on any atom is 0.308 e. The maximum absolute atomic E-state index is 12.6. The molecule has 1 unspecified atom stereocenters. The lowest BCUT2D eigenvalue weighted by molar-refractivity contribution is -0.143. The average molecular weight is 338 g/mol. The first-order chi connectivity index (χ1) is 11.0. The van der Waals surface area contributed by atoms with Crippen molar-refractivity contribution in [3.63, 3.8) is 0 Å². The van der Waals surface area contributed by atoms with Gasteiger partial charge in [-0.15, -0.1) is 0 Å². The fourth-order valence-electron chi connectivity index (χ4n) is 3.31. The Kier molecular flexibility index (Phi) is 4.48. The third-order valence-corrected chi connectivity index (χ3v) is 5.02. The van der Waals surface area contributed by atoms with Crippen LogP contribution in [0.4, 0.5) is 0 Å². The fourth-order valence-corrected chi connectivity index (χ4v) is 3.49. The van der Waals surface area contributed by atoms with E-state index in [-0.39, 0.29) is 18.4 Å². The van der Waals surface area contributed by atoms with E-state index in [1.54, 1.807) is 36.1 Å². The van der Waals surface area contributed by atoms with E-state index in [1.807, 2.05) is 0 Å². The molecule has 1 aliphatic carbocycles. The molecule has 0 bridgehead atoms. The number of aliphatic carboxylic acids is 1. The molecule has 124 valence electrons. The highest BCUT2D eigenvalue weighted by Gasteiger charge is 2.47. The van der Waals surface area contributed by atoms with Crippen LogP contribution in [0.1, 0.15) is 19.8 Å². The highest BCUT2D eigenvalue weighted by atomic mass is 35.5. The van der Waals surface area contributed by atoms with Gasteiger partial charge in [0.25, 0.3) is 5.91 Å². The second kappa shape index (κ2) is 6.40. The third kappa shape index (κ3) is 3.44. The molecule has 3 atom stereocenters. The zero-order valence-corrected chi connectivity index (χ0v) is 13.7. The molecule has 5 nitrogen and oxygen atoms in total. The van der Waals surface area contributed by atoms with Crippen molar-refractivity contribution in [3.8, 4) is 5.75 Å². The van der Waals surface area contributed by atoms with Crippen molar-refractivity contribution in [2.75, 3.05) is 13.1 Å². The van der Waals surface area contributed by atoms with E-state index in [0.717, 1.165) is 12.8 Å². The lowest BCUT2D eigenvalue weighted by atomic mass is 9.92. The van der Waals surface area contributed by atoms with Crippen molar-refractivity contribution in [2.24, 2.45) is 17.8 Å². The second-order valence-corrected chi connectivity index (χ2v) is 6.79. The minimum absolute atomic E-state index is 0.0731. The van der Waals surface area contributed by atoms with E-state index < -0.39 is 18.0 Å². The van der Waals surface area contributed by atoms with Crippen LogP contribution in [0.15, 0.2) is 24.3 Å². The smallest absolute Gasteiger partial charge is 0.308 e. The van der Waals surface area contributed by atoms with Crippen LogP contribution in [0, 0.1) is 17.8 Å². The van der Waals surface area contributed by atoms with Gasteiger partial charge in [-0.25, -0.2) is 0 Å². The number of rotatable bonds is 5. The molecule has 0 radical (unpaired) electrons. The van der Waals surface area contributed by atoms with Gasteiger partial charge in [0, 0.05) is 13.1 Å². The van der Waals surface area contributed by atoms with Gasteiger partial charge in [-0.05, 0) is 43.7 Å². The quantitative estimate of drug-likeness (QED) is 0.897. The summed E-state index contributed by atoms with van der Waals surface area (Å²) >= 11 is 6.04. The summed E-state index contributed by atoms with van der Waals surface area (Å²) in [6.07, 6.45) is 1.45. The molecule has 1 amide bonds. The number of ether oxygens (including phenoxy) is 1. The largest absolute Gasteiger partial charge is 0.481 e. The number of carboxylic acid groups (broad SMARTS) is 1. The van der Waals surface area contributed by atoms with Crippen LogP contribution in [0.2, 0.25) is 5.02 Å². The summed E-state index contributed by atoms with van der Waals surface area (Å²) < 4.78 is 5.66. The Morgan fingerprint density at radius 2 is 2.00 bits per heavy atom. The van der Waals surface area contributed by atoms with Crippen molar-refractivity contribution >= 4 is 23.5 Å². The number of amides is 1. The van der Waals surface area contributed by atoms with E-state index in [0.29, 0.717) is 23.2 Å². The van der Waals surface area contributed by atoms with Crippen molar-refractivity contribution in [1.29, 1.82) is 0 Å². The normalized spacial score (nSPS) is 25.2. The minimum atomic E-state index is -0.808. The Morgan fingerprint density at radius 1 is 1.30 bits per heavy atom. The van der Waals surface area contributed by atoms with E-state index in [2.05, 4.69) is 0 Å². The zero-order valence-electron chi connectivity index (χ0n) is 12.9. The Labute approximate surface area is 140 Å². The van der Waals surface area contributed by atoms with Gasteiger partial charge in [-0.3, -0.25) is 9.59 Å². The Morgan fingerprint density at radius 3 is 2.61 bits per heavy atom. The van der Waals surface area contributed by atoms with Crippen LogP contribution in [0.3, 0.4) is 0 Å². The number of hydrogen-bond acceptors (Lipinski definition) is 3. The molecule has 1 aromatic rings. The fraction of sp³-hybridized carbons (Fsp3) is 0.529. The van der Waals surface area contributed by atoms with E-state index in [1.165, 1.54) is 0 Å². The molecule has 6 heteroatoms. The van der Waals surface area contributed by atoms with E-state index in [4.69, 9.17) is 16.3 Å². The van der Waals surface area contributed by atoms with Gasteiger partial charge in [0.2, 0.25) is 0 Å². The summed E-state index contributed by atoms with van der Waals surface area (Å²) in [6, 6.07) is 6.99. The van der Waals surface area contributed by atoms with Crippen LogP contribution in [0.25, 0.3) is 0 Å². The lowest BCUT2D eigenvalue weighted by Gasteiger charge is -2.22. The van der Waals surface area contributed by atoms with Gasteiger partial charge < -0.3 is 14.7 Å². The SMILES string of the molecule is CC(Oc1ccccc1Cl)C(=O)N1C[C@H](C(=O)O)[C@@H](C2CC2)C1. The van der Waals surface area contributed by atoms with Crippen molar-refractivity contribution in [1.82, 2.24) is 4.90 Å². The van der Waals surface area contributed by atoms with E-state index in [9.17, 15) is 14.7 Å². The molecular weight excluding hydrogens is 318 g/mol. The Bertz CT molecular complexity index is 616. The van der Waals surface area contributed by atoms with Gasteiger partial charge >= 0.3 is 5.97 Å². The molecule has 1 aromatic carbocycles. The van der Waals surface area contributed by atoms with Gasteiger partial charge in [-0.2, -0.15) is 0 Å². The first-order valence-corrected chi connectivity index (χ1v) is 8.28. The molecule has 1 aliphatic heterocycles. The van der Waals surface area contributed by atoms with Gasteiger partial charge in [0.05, 0.1) is 10.9 Å². The molecule has 1 saturated carbocycles. The van der Waals surface area contributed by atoms with Crippen molar-refractivity contribution in [3.05, 3.63) is 29.3 Å². The number of benzene rings is 1. The van der Waals surface area contributed by atoms with Crippen molar-refractivity contribution in [2.45, 2.75) is 25.9 Å². The molecule has 0 aromatic heterocycles. The van der Waals surface area contributed by atoms with Gasteiger partial charge in [0.1, 0.15) is 5.75 Å². The number of para-hydroxylation sites is 1. The summed E-state index contributed by atoms with van der Waals surface area (Å²) in [5, 5.41) is 9.84. The monoisotopic (exact) mass is 337 g/mol. The van der Waals surface area contributed by atoms with Crippen LogP contribution in [0.5, 0.6) is 5.75 Å². The molecule has 2 fully saturated rings. The summed E-state index contributed by atoms with van der Waals surface area (Å²) in [7, 11) is 0. The number of carboxylic acids is 1. The van der Waals surface area contributed by atoms with Crippen LogP contribution in [-0.4, -0.2) is 41.1 Å². The third-order valence-electron chi connectivity index (χ3n) is 4.71. The lowest BCUT2D eigenvalue weighted by Crippen LogP contribution is -2.39. The zero-order chi connectivity index (χ0) is 16.6. The number of likely N-dealkylation sites (tertiary alicyclic amines) is 1. The van der Waals surface area contributed by atoms with Gasteiger partial charge in [0.15, 0.2) is 6.10 Å². The minimum Gasteiger partial charge on any atom is -0.481 e. The van der Waals surface area contributed by atoms with Crippen LogP contribution < -0.4 is 4.74 Å². The number of hydrogen-bond donors (Lipinski definition) is 1. The molecule has 23 heavy (non-hydrogen) atoms. The summed E-state index contributed by atoms with van der Waals surface area (Å²) in [5.74, 6) is -0.462. The first-order valence-electron chi connectivity index (χ1n) is 7.90. The molecule has 3 rings (SSSR count). The average Bonchev–Trinajstić information content (AvgIpc) is 3.27. The van der Waals surface area contributed by atoms with E-state index >= 15 is 0 Å². The predicted molar refractivity (Wildman–Crippen MR) is 85.5 cm³/mol. The molecule has 2 aliphatic rings. The number of halogens is 1. The predicted octanol–water partition coefficient (Wildman–Crippen LogP) is 2.68.